The molecule has 2 amide bonds. The summed E-state index contributed by atoms with van der Waals surface area (Å²) in [4.78, 5) is 26.0. The van der Waals surface area contributed by atoms with Crippen molar-refractivity contribution >= 4 is 17.5 Å². The van der Waals surface area contributed by atoms with Gasteiger partial charge in [0.15, 0.2) is 0 Å². The van der Waals surface area contributed by atoms with Crippen LogP contribution in [0.15, 0.2) is 24.3 Å². The first-order valence-electron chi connectivity index (χ1n) is 7.17. The van der Waals surface area contributed by atoms with Gasteiger partial charge in [0, 0.05) is 31.8 Å². The fraction of sp³-hybridized carbons (Fsp3) is 0.500. The molecule has 21 heavy (non-hydrogen) atoms. The van der Waals surface area contributed by atoms with Crippen LogP contribution < -0.4 is 10.2 Å². The topological polar surface area (TPSA) is 58.6 Å². The first-order chi connectivity index (χ1) is 10.0. The number of methoxy groups -OCH3 is 1. The fourth-order valence-electron chi connectivity index (χ4n) is 2.58. The van der Waals surface area contributed by atoms with E-state index >= 15 is 0 Å². The molecular formula is C16H22N2O3. The monoisotopic (exact) mass is 290 g/mol. The van der Waals surface area contributed by atoms with Crippen LogP contribution in [-0.2, 0) is 14.3 Å². The number of carbonyl (C=O) groups excluding carboxylic acids is 2. The third kappa shape index (κ3) is 3.82. The zero-order valence-electron chi connectivity index (χ0n) is 12.8. The van der Waals surface area contributed by atoms with E-state index in [-0.39, 0.29) is 30.2 Å². The van der Waals surface area contributed by atoms with E-state index in [0.717, 1.165) is 11.3 Å². The predicted molar refractivity (Wildman–Crippen MR) is 81.1 cm³/mol. The van der Waals surface area contributed by atoms with Crippen molar-refractivity contribution in [3.8, 4) is 0 Å². The van der Waals surface area contributed by atoms with E-state index in [2.05, 4.69) is 5.32 Å². The summed E-state index contributed by atoms with van der Waals surface area (Å²) in [5.41, 5.74) is 1.96. The predicted octanol–water partition coefficient (Wildman–Crippen LogP) is 1.50. The number of nitrogens with zero attached hydrogens (tertiary/aromatic N) is 1. The Hall–Kier alpha value is -1.88. The molecular weight excluding hydrogens is 268 g/mol. The minimum atomic E-state index is -0.294. The summed E-state index contributed by atoms with van der Waals surface area (Å²) in [6.07, 6.45) is 0.263. The average Bonchev–Trinajstić information content (AvgIpc) is 2.81. The Kier molecular flexibility index (Phi) is 4.96. The number of hydrogen-bond donors (Lipinski definition) is 1. The summed E-state index contributed by atoms with van der Waals surface area (Å²) in [7, 11) is 1.60. The van der Waals surface area contributed by atoms with Crippen LogP contribution in [-0.4, -0.2) is 38.1 Å². The normalized spacial score (nSPS) is 19.7. The Balaban J connectivity index is 2.01. The van der Waals surface area contributed by atoms with E-state index in [4.69, 9.17) is 4.74 Å². The van der Waals surface area contributed by atoms with Gasteiger partial charge in [0.1, 0.15) is 0 Å². The van der Waals surface area contributed by atoms with E-state index in [1.54, 1.807) is 12.0 Å². The highest BCUT2D eigenvalue weighted by atomic mass is 16.5. The zero-order chi connectivity index (χ0) is 15.4. The van der Waals surface area contributed by atoms with E-state index in [1.807, 2.05) is 38.1 Å². The molecule has 1 aliphatic heterocycles. The number of hydrogen-bond acceptors (Lipinski definition) is 3. The number of carbonyl (C=O) groups is 2. The molecule has 2 atom stereocenters. The quantitative estimate of drug-likeness (QED) is 0.894. The molecule has 0 saturated carbocycles. The number of ether oxygens (including phenoxy) is 1. The van der Waals surface area contributed by atoms with Gasteiger partial charge in [-0.1, -0.05) is 12.1 Å². The van der Waals surface area contributed by atoms with Gasteiger partial charge in [0.05, 0.1) is 12.5 Å². The highest BCUT2D eigenvalue weighted by Gasteiger charge is 2.35. The van der Waals surface area contributed by atoms with E-state index in [0.29, 0.717) is 13.2 Å². The van der Waals surface area contributed by atoms with Crippen LogP contribution in [0.5, 0.6) is 0 Å². The SMILES string of the molecule is COCC(C)NC(=O)C1CC(=O)N(c2cccc(C)c2)C1. The van der Waals surface area contributed by atoms with Crippen LogP contribution in [0.1, 0.15) is 18.9 Å². The van der Waals surface area contributed by atoms with Crippen molar-refractivity contribution in [2.45, 2.75) is 26.3 Å². The van der Waals surface area contributed by atoms with Gasteiger partial charge in [-0.3, -0.25) is 9.59 Å². The number of rotatable bonds is 5. The Labute approximate surface area is 125 Å². The molecule has 0 bridgehead atoms. The molecule has 1 aromatic rings. The van der Waals surface area contributed by atoms with Crippen LogP contribution >= 0.6 is 0 Å². The second kappa shape index (κ2) is 6.72. The maximum Gasteiger partial charge on any atom is 0.227 e. The van der Waals surface area contributed by atoms with Crippen molar-refractivity contribution in [2.75, 3.05) is 25.2 Å². The molecule has 1 heterocycles. The van der Waals surface area contributed by atoms with Crippen LogP contribution in [0.2, 0.25) is 0 Å². The lowest BCUT2D eigenvalue weighted by atomic mass is 10.1. The largest absolute Gasteiger partial charge is 0.383 e. The van der Waals surface area contributed by atoms with Gasteiger partial charge in [0.2, 0.25) is 11.8 Å². The van der Waals surface area contributed by atoms with E-state index in [1.165, 1.54) is 0 Å². The van der Waals surface area contributed by atoms with Gasteiger partial charge in [0.25, 0.3) is 0 Å². The average molecular weight is 290 g/mol. The highest BCUT2D eigenvalue weighted by molar-refractivity contribution is 6.00. The molecule has 2 rings (SSSR count). The lowest BCUT2D eigenvalue weighted by molar-refractivity contribution is -0.127. The summed E-state index contributed by atoms with van der Waals surface area (Å²) in [5.74, 6) is -0.375. The van der Waals surface area contributed by atoms with Crippen molar-refractivity contribution in [2.24, 2.45) is 5.92 Å². The van der Waals surface area contributed by atoms with Crippen LogP contribution in [0.25, 0.3) is 0 Å². The molecule has 1 aliphatic rings. The Morgan fingerprint density at radius 3 is 2.95 bits per heavy atom. The minimum absolute atomic E-state index is 0.000134. The van der Waals surface area contributed by atoms with Gasteiger partial charge in [-0.15, -0.1) is 0 Å². The van der Waals surface area contributed by atoms with Gasteiger partial charge in [-0.2, -0.15) is 0 Å². The first kappa shape index (κ1) is 15.5. The lowest BCUT2D eigenvalue weighted by Gasteiger charge is -2.18. The van der Waals surface area contributed by atoms with Crippen molar-refractivity contribution in [1.82, 2.24) is 5.32 Å². The molecule has 0 aromatic heterocycles. The number of nitrogens with one attached hydrogen (secondary N) is 1. The Morgan fingerprint density at radius 2 is 2.29 bits per heavy atom. The van der Waals surface area contributed by atoms with Gasteiger partial charge < -0.3 is 15.0 Å². The second-order valence-electron chi connectivity index (χ2n) is 5.61. The molecule has 114 valence electrons. The molecule has 1 aromatic carbocycles. The molecule has 5 nitrogen and oxygen atoms in total. The van der Waals surface area contributed by atoms with Gasteiger partial charge >= 0.3 is 0 Å². The Bertz CT molecular complexity index is 530. The number of amides is 2. The zero-order valence-corrected chi connectivity index (χ0v) is 12.8. The maximum atomic E-state index is 12.2. The molecule has 0 radical (unpaired) electrons. The Morgan fingerprint density at radius 1 is 1.52 bits per heavy atom. The lowest BCUT2D eigenvalue weighted by Crippen LogP contribution is -2.40. The standard InChI is InChI=1S/C16H22N2O3/c1-11-5-4-6-14(7-11)18-9-13(8-15(18)19)16(20)17-12(2)10-21-3/h4-7,12-13H,8-10H2,1-3H3,(H,17,20). The van der Waals surface area contributed by atoms with Crippen molar-refractivity contribution in [3.63, 3.8) is 0 Å². The van der Waals surface area contributed by atoms with Crippen LogP contribution in [0.4, 0.5) is 5.69 Å². The number of benzene rings is 1. The van der Waals surface area contributed by atoms with Gasteiger partial charge in [-0.25, -0.2) is 0 Å². The molecule has 1 saturated heterocycles. The molecule has 0 aliphatic carbocycles. The smallest absolute Gasteiger partial charge is 0.227 e. The van der Waals surface area contributed by atoms with Crippen molar-refractivity contribution < 1.29 is 14.3 Å². The summed E-state index contributed by atoms with van der Waals surface area (Å²) >= 11 is 0. The summed E-state index contributed by atoms with van der Waals surface area (Å²) in [6, 6.07) is 7.72. The summed E-state index contributed by atoms with van der Waals surface area (Å²) < 4.78 is 5.00. The molecule has 1 N–H and O–H groups in total. The minimum Gasteiger partial charge on any atom is -0.383 e. The van der Waals surface area contributed by atoms with Crippen LogP contribution in [0, 0.1) is 12.8 Å². The third-order valence-corrected chi connectivity index (χ3v) is 3.61. The number of aryl methyl sites for hydroxylation is 1. The van der Waals surface area contributed by atoms with E-state index < -0.39 is 0 Å². The molecule has 5 heteroatoms. The second-order valence-corrected chi connectivity index (χ2v) is 5.61. The summed E-state index contributed by atoms with van der Waals surface area (Å²) in [6.45, 7) is 4.78. The van der Waals surface area contributed by atoms with Crippen LogP contribution in [0.3, 0.4) is 0 Å². The van der Waals surface area contributed by atoms with Crippen molar-refractivity contribution in [1.29, 1.82) is 0 Å². The fourth-order valence-corrected chi connectivity index (χ4v) is 2.58. The summed E-state index contributed by atoms with van der Waals surface area (Å²) in [5, 5.41) is 2.88. The number of anilines is 1. The van der Waals surface area contributed by atoms with Gasteiger partial charge in [-0.05, 0) is 31.5 Å². The molecule has 1 fully saturated rings. The third-order valence-electron chi connectivity index (χ3n) is 3.61. The maximum absolute atomic E-state index is 12.2. The molecule has 0 spiro atoms. The van der Waals surface area contributed by atoms with Crippen molar-refractivity contribution in [3.05, 3.63) is 29.8 Å². The first-order valence-corrected chi connectivity index (χ1v) is 7.17. The van der Waals surface area contributed by atoms with E-state index in [9.17, 15) is 9.59 Å². The molecule has 2 unspecified atom stereocenters. The highest BCUT2D eigenvalue weighted by Crippen LogP contribution is 2.25.